The van der Waals surface area contributed by atoms with Crippen LogP contribution in [0.15, 0.2) is 4.99 Å². The summed E-state index contributed by atoms with van der Waals surface area (Å²) < 4.78 is 4.48. The Morgan fingerprint density at radius 2 is 2.12 bits per heavy atom. The van der Waals surface area contributed by atoms with Gasteiger partial charge in [0.2, 0.25) is 0 Å². The Kier molecular flexibility index (Phi) is 12.2. The molecule has 0 heterocycles. The molecule has 0 aromatic heterocycles. The van der Waals surface area contributed by atoms with E-state index in [4.69, 9.17) is 5.73 Å². The van der Waals surface area contributed by atoms with E-state index in [0.717, 1.165) is 6.42 Å². The van der Waals surface area contributed by atoms with E-state index in [2.05, 4.69) is 28.9 Å². The van der Waals surface area contributed by atoms with Crippen LogP contribution in [0.3, 0.4) is 0 Å². The fourth-order valence-corrected chi connectivity index (χ4v) is 0.894. The van der Waals surface area contributed by atoms with Crippen molar-refractivity contribution in [2.24, 2.45) is 16.6 Å². The SMILES string of the molecule is COC(=O)CCNC(N)=NCCC(C)C.I. The van der Waals surface area contributed by atoms with Gasteiger partial charge in [-0.05, 0) is 12.3 Å². The van der Waals surface area contributed by atoms with Gasteiger partial charge in [-0.2, -0.15) is 0 Å². The second-order valence-corrected chi connectivity index (χ2v) is 3.70. The Morgan fingerprint density at radius 1 is 1.50 bits per heavy atom. The Balaban J connectivity index is 0. The zero-order chi connectivity index (χ0) is 11.7. The van der Waals surface area contributed by atoms with Crippen LogP contribution in [-0.4, -0.2) is 32.1 Å². The lowest BCUT2D eigenvalue weighted by atomic mass is 10.1. The van der Waals surface area contributed by atoms with E-state index in [0.29, 0.717) is 31.4 Å². The van der Waals surface area contributed by atoms with E-state index in [9.17, 15) is 4.79 Å². The minimum absolute atomic E-state index is 0. The Bertz CT molecular complexity index is 220. The average Bonchev–Trinajstić information content (AvgIpc) is 2.17. The lowest BCUT2D eigenvalue weighted by Crippen LogP contribution is -2.33. The van der Waals surface area contributed by atoms with Crippen LogP contribution in [0.1, 0.15) is 26.7 Å². The van der Waals surface area contributed by atoms with Crippen LogP contribution in [0.5, 0.6) is 0 Å². The molecular formula is C10H22IN3O2. The molecule has 0 bridgehead atoms. The maximum absolute atomic E-state index is 10.8. The zero-order valence-corrected chi connectivity index (χ0v) is 12.5. The molecule has 16 heavy (non-hydrogen) atoms. The van der Waals surface area contributed by atoms with Gasteiger partial charge in [-0.3, -0.25) is 9.79 Å². The summed E-state index contributed by atoms with van der Waals surface area (Å²) in [4.78, 5) is 14.9. The molecule has 5 nitrogen and oxygen atoms in total. The molecule has 0 spiro atoms. The highest BCUT2D eigenvalue weighted by Crippen LogP contribution is 1.97. The molecule has 0 atom stereocenters. The van der Waals surface area contributed by atoms with Crippen molar-refractivity contribution in [1.82, 2.24) is 5.32 Å². The summed E-state index contributed by atoms with van der Waals surface area (Å²) in [6, 6.07) is 0. The first-order valence-corrected chi connectivity index (χ1v) is 5.17. The van der Waals surface area contributed by atoms with Crippen LogP contribution in [0.25, 0.3) is 0 Å². The first kappa shape index (κ1) is 17.9. The number of carbonyl (C=O) groups excluding carboxylic acids is 1. The van der Waals surface area contributed by atoms with Gasteiger partial charge in [0, 0.05) is 13.1 Å². The predicted octanol–water partition coefficient (Wildman–Crippen LogP) is 1.12. The second-order valence-electron chi connectivity index (χ2n) is 3.70. The number of nitrogens with two attached hydrogens (primary N) is 1. The van der Waals surface area contributed by atoms with Crippen LogP contribution in [0.4, 0.5) is 0 Å². The minimum atomic E-state index is -0.252. The van der Waals surface area contributed by atoms with E-state index in [1.807, 2.05) is 0 Å². The van der Waals surface area contributed by atoms with E-state index in [1.165, 1.54) is 7.11 Å². The molecule has 0 aliphatic heterocycles. The van der Waals surface area contributed by atoms with Gasteiger partial charge in [0.05, 0.1) is 13.5 Å². The Morgan fingerprint density at radius 3 is 2.62 bits per heavy atom. The molecule has 3 N–H and O–H groups in total. The number of guanidine groups is 1. The van der Waals surface area contributed by atoms with E-state index >= 15 is 0 Å². The molecule has 0 radical (unpaired) electrons. The fourth-order valence-electron chi connectivity index (χ4n) is 0.894. The standard InChI is InChI=1S/C10H21N3O2.HI/c1-8(2)4-6-12-10(11)13-7-5-9(14)15-3;/h8H,4-7H2,1-3H3,(H3,11,12,13);1H. The average molecular weight is 343 g/mol. The number of esters is 1. The molecule has 0 amide bonds. The Hall–Kier alpha value is -0.530. The summed E-state index contributed by atoms with van der Waals surface area (Å²) in [6.45, 7) is 5.45. The summed E-state index contributed by atoms with van der Waals surface area (Å²) in [5.74, 6) is 0.758. The quantitative estimate of drug-likeness (QED) is 0.328. The molecule has 0 fully saturated rings. The number of rotatable bonds is 6. The third kappa shape index (κ3) is 11.5. The normalized spacial score (nSPS) is 10.9. The number of halogens is 1. The second kappa shape index (κ2) is 11.0. The number of nitrogens with zero attached hydrogens (tertiary/aromatic N) is 1. The highest BCUT2D eigenvalue weighted by Gasteiger charge is 1.99. The summed E-state index contributed by atoms with van der Waals surface area (Å²) in [7, 11) is 1.36. The molecule has 0 saturated heterocycles. The first-order chi connectivity index (χ1) is 7.06. The van der Waals surface area contributed by atoms with Crippen molar-refractivity contribution in [1.29, 1.82) is 0 Å². The summed E-state index contributed by atoms with van der Waals surface area (Å²) in [5, 5.41) is 2.85. The van der Waals surface area contributed by atoms with Crippen molar-refractivity contribution in [3.63, 3.8) is 0 Å². The number of carbonyl (C=O) groups is 1. The van der Waals surface area contributed by atoms with Crippen LogP contribution < -0.4 is 11.1 Å². The summed E-state index contributed by atoms with van der Waals surface area (Å²) >= 11 is 0. The van der Waals surface area contributed by atoms with Crippen LogP contribution in [-0.2, 0) is 9.53 Å². The highest BCUT2D eigenvalue weighted by molar-refractivity contribution is 14.0. The van der Waals surface area contributed by atoms with Crippen molar-refractivity contribution >= 4 is 35.9 Å². The number of methoxy groups -OCH3 is 1. The molecule has 96 valence electrons. The Labute approximate surface area is 114 Å². The van der Waals surface area contributed by atoms with Crippen LogP contribution in [0, 0.1) is 5.92 Å². The molecular weight excluding hydrogens is 321 g/mol. The number of nitrogens with one attached hydrogen (secondary N) is 1. The number of ether oxygens (including phenoxy) is 1. The van der Waals surface area contributed by atoms with Crippen LogP contribution >= 0.6 is 24.0 Å². The molecule has 0 aliphatic rings. The van der Waals surface area contributed by atoms with Crippen molar-refractivity contribution in [3.05, 3.63) is 0 Å². The molecule has 6 heteroatoms. The molecule has 0 unspecified atom stereocenters. The number of hydrogen-bond donors (Lipinski definition) is 2. The molecule has 0 aromatic carbocycles. The van der Waals surface area contributed by atoms with Crippen molar-refractivity contribution < 1.29 is 9.53 Å². The van der Waals surface area contributed by atoms with Gasteiger partial charge in [0.1, 0.15) is 0 Å². The van der Waals surface area contributed by atoms with Gasteiger partial charge in [-0.25, -0.2) is 0 Å². The lowest BCUT2D eigenvalue weighted by Gasteiger charge is -2.05. The monoisotopic (exact) mass is 343 g/mol. The minimum Gasteiger partial charge on any atom is -0.469 e. The predicted molar refractivity (Wildman–Crippen MR) is 76.0 cm³/mol. The van der Waals surface area contributed by atoms with Gasteiger partial charge < -0.3 is 15.8 Å². The third-order valence-electron chi connectivity index (χ3n) is 1.85. The molecule has 0 aromatic rings. The number of hydrogen-bond acceptors (Lipinski definition) is 3. The maximum atomic E-state index is 10.8. The van der Waals surface area contributed by atoms with E-state index in [1.54, 1.807) is 0 Å². The molecule has 0 rings (SSSR count). The van der Waals surface area contributed by atoms with Crippen molar-refractivity contribution in [3.8, 4) is 0 Å². The van der Waals surface area contributed by atoms with E-state index < -0.39 is 0 Å². The van der Waals surface area contributed by atoms with Gasteiger partial charge in [-0.1, -0.05) is 13.8 Å². The van der Waals surface area contributed by atoms with Gasteiger partial charge in [0.25, 0.3) is 0 Å². The highest BCUT2D eigenvalue weighted by atomic mass is 127. The van der Waals surface area contributed by atoms with Gasteiger partial charge in [0.15, 0.2) is 5.96 Å². The summed E-state index contributed by atoms with van der Waals surface area (Å²) in [6.07, 6.45) is 1.32. The maximum Gasteiger partial charge on any atom is 0.307 e. The van der Waals surface area contributed by atoms with Gasteiger partial charge >= 0.3 is 5.97 Å². The lowest BCUT2D eigenvalue weighted by molar-refractivity contribution is -0.140. The van der Waals surface area contributed by atoms with Crippen LogP contribution in [0.2, 0.25) is 0 Å². The topological polar surface area (TPSA) is 76.7 Å². The fraction of sp³-hybridized carbons (Fsp3) is 0.800. The van der Waals surface area contributed by atoms with Crippen molar-refractivity contribution in [2.45, 2.75) is 26.7 Å². The molecule has 0 saturated carbocycles. The largest absolute Gasteiger partial charge is 0.469 e. The zero-order valence-electron chi connectivity index (χ0n) is 10.2. The van der Waals surface area contributed by atoms with Crippen molar-refractivity contribution in [2.75, 3.05) is 20.2 Å². The first-order valence-electron chi connectivity index (χ1n) is 5.17. The molecule has 0 aliphatic carbocycles. The number of aliphatic imine (C=N–C) groups is 1. The van der Waals surface area contributed by atoms with E-state index in [-0.39, 0.29) is 29.9 Å². The third-order valence-corrected chi connectivity index (χ3v) is 1.85. The summed E-state index contributed by atoms with van der Waals surface area (Å²) in [5.41, 5.74) is 5.57. The smallest absolute Gasteiger partial charge is 0.307 e. The van der Waals surface area contributed by atoms with Gasteiger partial charge in [-0.15, -0.1) is 24.0 Å².